The molecule has 3 nitrogen and oxygen atoms in total. The van der Waals surface area contributed by atoms with E-state index in [1.807, 2.05) is 0 Å². The van der Waals surface area contributed by atoms with Crippen LogP contribution in [0.3, 0.4) is 0 Å². The van der Waals surface area contributed by atoms with E-state index < -0.39 is 23.4 Å². The van der Waals surface area contributed by atoms with Crippen LogP contribution in [0.15, 0.2) is 18.2 Å². The van der Waals surface area contributed by atoms with Crippen molar-refractivity contribution in [2.24, 2.45) is 5.92 Å². The Morgan fingerprint density at radius 2 is 1.86 bits per heavy atom. The fourth-order valence-corrected chi connectivity index (χ4v) is 2.49. The van der Waals surface area contributed by atoms with Crippen LogP contribution in [0, 0.1) is 28.6 Å². The van der Waals surface area contributed by atoms with Gasteiger partial charge in [-0.3, -0.25) is 0 Å². The van der Waals surface area contributed by atoms with Crippen LogP contribution in [0.4, 0.5) is 13.2 Å². The van der Waals surface area contributed by atoms with E-state index in [1.165, 1.54) is 12.1 Å². The summed E-state index contributed by atoms with van der Waals surface area (Å²) < 4.78 is 44.2. The summed E-state index contributed by atoms with van der Waals surface area (Å²) in [5.74, 6) is -0.253. The van der Waals surface area contributed by atoms with Crippen molar-refractivity contribution in [3.63, 3.8) is 0 Å². The number of alkyl halides is 3. The van der Waals surface area contributed by atoms with Crippen molar-refractivity contribution in [2.45, 2.75) is 38.0 Å². The number of nitrogens with zero attached hydrogens (tertiary/aromatic N) is 2. The summed E-state index contributed by atoms with van der Waals surface area (Å²) in [4.78, 5) is 0. The van der Waals surface area contributed by atoms with Gasteiger partial charge in [-0.25, -0.2) is 0 Å². The van der Waals surface area contributed by atoms with Gasteiger partial charge in [-0.05, 0) is 37.5 Å². The van der Waals surface area contributed by atoms with Gasteiger partial charge in [0.15, 0.2) is 0 Å². The standard InChI is InChI=1S/C15H13F3N2O/c16-15(17,18)13-7-12(6-5-10(13)8-19)21-14-4-2-1-3-11(14)9-20/h5-7,11,14H,1-4H2/t11-,14+/m0/s1. The molecule has 1 fully saturated rings. The molecule has 1 aromatic rings. The molecule has 1 saturated carbocycles. The molecule has 0 bridgehead atoms. The fourth-order valence-electron chi connectivity index (χ4n) is 2.49. The van der Waals surface area contributed by atoms with E-state index in [1.54, 1.807) is 0 Å². The topological polar surface area (TPSA) is 56.8 Å². The minimum atomic E-state index is -4.61. The highest BCUT2D eigenvalue weighted by molar-refractivity contribution is 5.44. The maximum absolute atomic E-state index is 12.9. The second-order valence-corrected chi connectivity index (χ2v) is 4.99. The summed E-state index contributed by atoms with van der Waals surface area (Å²) in [6.07, 6.45) is -1.82. The first-order chi connectivity index (χ1) is 9.95. The molecular weight excluding hydrogens is 281 g/mol. The summed E-state index contributed by atoms with van der Waals surface area (Å²) in [5, 5.41) is 17.8. The second kappa shape index (κ2) is 6.05. The monoisotopic (exact) mass is 294 g/mol. The third kappa shape index (κ3) is 3.46. The molecule has 0 amide bonds. The van der Waals surface area contributed by atoms with Crippen LogP contribution in [-0.2, 0) is 6.18 Å². The molecule has 2 atom stereocenters. The highest BCUT2D eigenvalue weighted by Gasteiger charge is 2.34. The second-order valence-electron chi connectivity index (χ2n) is 4.99. The van der Waals surface area contributed by atoms with Crippen LogP contribution < -0.4 is 4.74 Å². The lowest BCUT2D eigenvalue weighted by Crippen LogP contribution is -2.29. The van der Waals surface area contributed by atoms with Crippen molar-refractivity contribution >= 4 is 0 Å². The maximum atomic E-state index is 12.9. The van der Waals surface area contributed by atoms with Crippen LogP contribution in [0.2, 0.25) is 0 Å². The smallest absolute Gasteiger partial charge is 0.417 e. The predicted octanol–water partition coefficient (Wildman–Crippen LogP) is 4.04. The highest BCUT2D eigenvalue weighted by atomic mass is 19.4. The summed E-state index contributed by atoms with van der Waals surface area (Å²) >= 11 is 0. The third-order valence-electron chi connectivity index (χ3n) is 3.57. The molecule has 0 aliphatic heterocycles. The van der Waals surface area contributed by atoms with Crippen molar-refractivity contribution in [1.82, 2.24) is 0 Å². The lowest BCUT2D eigenvalue weighted by atomic mass is 9.87. The van der Waals surface area contributed by atoms with Crippen molar-refractivity contribution < 1.29 is 17.9 Å². The van der Waals surface area contributed by atoms with Crippen LogP contribution in [0.25, 0.3) is 0 Å². The number of nitriles is 2. The Morgan fingerprint density at radius 1 is 1.14 bits per heavy atom. The number of rotatable bonds is 2. The van der Waals surface area contributed by atoms with Gasteiger partial charge in [0.2, 0.25) is 0 Å². The van der Waals surface area contributed by atoms with Gasteiger partial charge in [-0.2, -0.15) is 23.7 Å². The average Bonchev–Trinajstić information content (AvgIpc) is 2.47. The molecule has 2 rings (SSSR count). The Morgan fingerprint density at radius 3 is 2.48 bits per heavy atom. The molecular formula is C15H13F3N2O. The fraction of sp³-hybridized carbons (Fsp3) is 0.467. The number of halogens is 3. The first-order valence-electron chi connectivity index (χ1n) is 6.63. The first-order valence-corrected chi connectivity index (χ1v) is 6.63. The zero-order valence-corrected chi connectivity index (χ0v) is 11.2. The van der Waals surface area contributed by atoms with Crippen LogP contribution >= 0.6 is 0 Å². The molecule has 0 unspecified atom stereocenters. The zero-order valence-electron chi connectivity index (χ0n) is 11.2. The van der Waals surface area contributed by atoms with E-state index in [0.29, 0.717) is 12.8 Å². The van der Waals surface area contributed by atoms with E-state index in [2.05, 4.69) is 6.07 Å². The number of benzene rings is 1. The van der Waals surface area contributed by atoms with Gasteiger partial charge in [-0.1, -0.05) is 6.42 Å². The summed E-state index contributed by atoms with van der Waals surface area (Å²) in [7, 11) is 0. The van der Waals surface area contributed by atoms with Crippen molar-refractivity contribution in [2.75, 3.05) is 0 Å². The van der Waals surface area contributed by atoms with E-state index >= 15 is 0 Å². The lowest BCUT2D eigenvalue weighted by Gasteiger charge is -2.27. The van der Waals surface area contributed by atoms with Crippen LogP contribution in [0.5, 0.6) is 5.75 Å². The molecule has 0 heterocycles. The molecule has 0 spiro atoms. The normalized spacial score (nSPS) is 22.1. The van der Waals surface area contributed by atoms with Crippen molar-refractivity contribution in [3.8, 4) is 17.9 Å². The maximum Gasteiger partial charge on any atom is 0.417 e. The first kappa shape index (κ1) is 15.2. The Labute approximate surface area is 120 Å². The Kier molecular flexibility index (Phi) is 4.37. The molecule has 110 valence electrons. The van der Waals surface area contributed by atoms with Gasteiger partial charge in [0.1, 0.15) is 11.9 Å². The molecule has 6 heteroatoms. The summed E-state index contributed by atoms with van der Waals surface area (Å²) in [5.41, 5.74) is -1.44. The molecule has 0 aromatic heterocycles. The lowest BCUT2D eigenvalue weighted by molar-refractivity contribution is -0.137. The molecule has 0 radical (unpaired) electrons. The van der Waals surface area contributed by atoms with Gasteiger partial charge in [0.25, 0.3) is 0 Å². The summed E-state index contributed by atoms with van der Waals surface area (Å²) in [6, 6.07) is 6.95. The minimum Gasteiger partial charge on any atom is -0.489 e. The van der Waals surface area contributed by atoms with Crippen LogP contribution in [-0.4, -0.2) is 6.10 Å². The van der Waals surface area contributed by atoms with E-state index in [-0.39, 0.29) is 11.7 Å². The van der Waals surface area contributed by atoms with E-state index in [9.17, 15) is 13.2 Å². The van der Waals surface area contributed by atoms with Crippen LogP contribution in [0.1, 0.15) is 36.8 Å². The molecule has 0 N–H and O–H groups in total. The number of hydrogen-bond acceptors (Lipinski definition) is 3. The Bertz CT molecular complexity index is 598. The molecule has 1 aliphatic rings. The Balaban J connectivity index is 2.25. The summed E-state index contributed by atoms with van der Waals surface area (Å²) in [6.45, 7) is 0. The molecule has 1 aliphatic carbocycles. The Hall–Kier alpha value is -2.21. The van der Waals surface area contributed by atoms with Gasteiger partial charge < -0.3 is 4.74 Å². The van der Waals surface area contributed by atoms with Crippen molar-refractivity contribution in [1.29, 1.82) is 10.5 Å². The molecule has 1 aromatic carbocycles. The number of ether oxygens (including phenoxy) is 1. The van der Waals surface area contributed by atoms with E-state index in [0.717, 1.165) is 25.0 Å². The number of hydrogen-bond donors (Lipinski definition) is 0. The average molecular weight is 294 g/mol. The highest BCUT2D eigenvalue weighted by Crippen LogP contribution is 2.35. The van der Waals surface area contributed by atoms with Gasteiger partial charge in [0.05, 0.1) is 29.2 Å². The van der Waals surface area contributed by atoms with E-state index in [4.69, 9.17) is 15.3 Å². The molecule has 0 saturated heterocycles. The quantitative estimate of drug-likeness (QED) is 0.827. The predicted molar refractivity (Wildman–Crippen MR) is 68.1 cm³/mol. The molecule has 21 heavy (non-hydrogen) atoms. The van der Waals surface area contributed by atoms with Crippen molar-refractivity contribution in [3.05, 3.63) is 29.3 Å². The SMILES string of the molecule is N#Cc1ccc(O[C@@H]2CCCC[C@H]2C#N)cc1C(F)(F)F. The minimum absolute atomic E-state index is 0.0495. The third-order valence-corrected chi connectivity index (χ3v) is 3.57. The largest absolute Gasteiger partial charge is 0.489 e. The van der Waals surface area contributed by atoms with Gasteiger partial charge >= 0.3 is 6.18 Å². The zero-order chi connectivity index (χ0) is 15.5. The van der Waals surface area contributed by atoms with Gasteiger partial charge in [0, 0.05) is 0 Å². The van der Waals surface area contributed by atoms with Gasteiger partial charge in [-0.15, -0.1) is 0 Å².